The zero-order chi connectivity index (χ0) is 30.3. The summed E-state index contributed by atoms with van der Waals surface area (Å²) < 4.78 is 21.2. The number of carboxylic acid groups (broad SMARTS) is 2. The smallest absolute Gasteiger partial charge is 0.334 e. The highest BCUT2D eigenvalue weighted by molar-refractivity contribution is 5.87. The monoisotopic (exact) mass is 590 g/mol. The van der Waals surface area contributed by atoms with Crippen molar-refractivity contribution in [2.24, 2.45) is 35.5 Å². The fourth-order valence-corrected chi connectivity index (χ4v) is 6.57. The Morgan fingerprint density at radius 1 is 0.780 bits per heavy atom. The highest BCUT2D eigenvalue weighted by Gasteiger charge is 2.53. The van der Waals surface area contributed by atoms with Gasteiger partial charge < -0.3 is 64.9 Å². The standard InChI is InChI=1S/C16H24O10.C10H14O5/c1-5-8(18)2-6-7(14(22)23)4-24-15(10(5)6)26-16-13(21)12(20)11(19)9(3-17)25-16;1-4-7(11)2-5-6(9(12)13)3-15-10(14)8(4)5/h4-6,8-13,15-21H,2-3H2,1H3,(H,22,23);3-5,7-8,10-11,14H,2H2,1H3,(H,12,13)/t5-,6-,8+,9-,10-,11-,12+,13-,15+,16?;4-,5-,7+,8-,10-/m11/s1. The molecule has 0 aromatic heterocycles. The molecule has 2 aliphatic carbocycles. The van der Waals surface area contributed by atoms with Crippen LogP contribution in [-0.2, 0) is 28.5 Å². The van der Waals surface area contributed by atoms with E-state index in [1.165, 1.54) is 0 Å². The second-order valence-electron chi connectivity index (χ2n) is 11.3. The number of carbonyl (C=O) groups is 2. The molecule has 0 radical (unpaired) electrons. The summed E-state index contributed by atoms with van der Waals surface area (Å²) in [5.74, 6) is -4.31. The van der Waals surface area contributed by atoms with Gasteiger partial charge in [0.05, 0.1) is 42.5 Å². The van der Waals surface area contributed by atoms with Crippen molar-refractivity contribution < 1.29 is 74.5 Å². The molecule has 0 bridgehead atoms. The van der Waals surface area contributed by atoms with Crippen LogP contribution in [0.4, 0.5) is 0 Å². The molecule has 15 heteroatoms. The average molecular weight is 591 g/mol. The van der Waals surface area contributed by atoms with Crippen molar-refractivity contribution in [1.82, 2.24) is 0 Å². The Hall–Kier alpha value is -2.34. The second kappa shape index (κ2) is 12.5. The Morgan fingerprint density at radius 3 is 1.83 bits per heavy atom. The van der Waals surface area contributed by atoms with Crippen molar-refractivity contribution in [3.8, 4) is 0 Å². The number of ether oxygens (including phenoxy) is 4. The molecule has 3 heterocycles. The van der Waals surface area contributed by atoms with Gasteiger partial charge in [0.15, 0.2) is 12.6 Å². The predicted octanol–water partition coefficient (Wildman–Crippen LogP) is -2.30. The van der Waals surface area contributed by atoms with E-state index in [4.69, 9.17) is 24.1 Å². The van der Waals surface area contributed by atoms with E-state index in [2.05, 4.69) is 0 Å². The largest absolute Gasteiger partial charge is 0.478 e. The van der Waals surface area contributed by atoms with Gasteiger partial charge in [-0.1, -0.05) is 13.8 Å². The van der Waals surface area contributed by atoms with Crippen LogP contribution >= 0.6 is 0 Å². The molecule has 0 amide bonds. The van der Waals surface area contributed by atoms with E-state index in [0.717, 1.165) is 12.5 Å². The van der Waals surface area contributed by atoms with E-state index < -0.39 is 85.9 Å². The Morgan fingerprint density at radius 2 is 1.29 bits per heavy atom. The van der Waals surface area contributed by atoms with Gasteiger partial charge in [-0.2, -0.15) is 0 Å². The molecule has 1 unspecified atom stereocenters. The van der Waals surface area contributed by atoms with E-state index in [1.807, 2.05) is 0 Å². The van der Waals surface area contributed by atoms with Crippen LogP contribution in [0.2, 0.25) is 0 Å². The molecule has 41 heavy (non-hydrogen) atoms. The van der Waals surface area contributed by atoms with Crippen LogP contribution in [0.3, 0.4) is 0 Å². The predicted molar refractivity (Wildman–Crippen MR) is 132 cm³/mol. The first-order chi connectivity index (χ1) is 19.3. The van der Waals surface area contributed by atoms with E-state index in [9.17, 15) is 50.4 Å². The fourth-order valence-electron chi connectivity index (χ4n) is 6.57. The lowest BCUT2D eigenvalue weighted by Crippen LogP contribution is -2.60. The minimum Gasteiger partial charge on any atom is -0.478 e. The molecule has 0 aromatic rings. The normalized spacial score (nSPS) is 46.9. The van der Waals surface area contributed by atoms with Crippen molar-refractivity contribution in [3.63, 3.8) is 0 Å². The lowest BCUT2D eigenvalue weighted by atomic mass is 9.83. The number of aliphatic carboxylic acids is 2. The van der Waals surface area contributed by atoms with Crippen molar-refractivity contribution >= 4 is 11.9 Å². The Balaban J connectivity index is 0.000000218. The van der Waals surface area contributed by atoms with Crippen LogP contribution in [0.5, 0.6) is 0 Å². The summed E-state index contributed by atoms with van der Waals surface area (Å²) in [6.07, 6.45) is -7.82. The lowest BCUT2D eigenvalue weighted by molar-refractivity contribution is -0.342. The zero-order valence-electron chi connectivity index (χ0n) is 22.4. The third-order valence-electron chi connectivity index (χ3n) is 9.06. The van der Waals surface area contributed by atoms with Crippen molar-refractivity contribution in [3.05, 3.63) is 23.7 Å². The number of hydrogen-bond donors (Lipinski definition) is 9. The van der Waals surface area contributed by atoms with Gasteiger partial charge in [0.2, 0.25) is 6.29 Å². The maximum absolute atomic E-state index is 11.4. The zero-order valence-corrected chi connectivity index (χ0v) is 22.4. The number of rotatable bonds is 5. The Kier molecular flexibility index (Phi) is 9.62. The fraction of sp³-hybridized carbons (Fsp3) is 0.769. The maximum Gasteiger partial charge on any atom is 0.334 e. The summed E-state index contributed by atoms with van der Waals surface area (Å²) in [7, 11) is 0. The third kappa shape index (κ3) is 5.96. The molecule has 0 spiro atoms. The average Bonchev–Trinajstić information content (AvgIpc) is 3.39. The van der Waals surface area contributed by atoms with Gasteiger partial charge in [-0.25, -0.2) is 9.59 Å². The second-order valence-corrected chi connectivity index (χ2v) is 11.3. The highest BCUT2D eigenvalue weighted by Crippen LogP contribution is 2.48. The molecule has 15 atom stereocenters. The van der Waals surface area contributed by atoms with Gasteiger partial charge in [0.25, 0.3) is 0 Å². The number of hydrogen-bond acceptors (Lipinski definition) is 13. The summed E-state index contributed by atoms with van der Waals surface area (Å²) >= 11 is 0. The van der Waals surface area contributed by atoms with Crippen LogP contribution in [0.1, 0.15) is 26.7 Å². The molecule has 0 aromatic carbocycles. The summed E-state index contributed by atoms with van der Waals surface area (Å²) in [5.41, 5.74) is 0.181. The van der Waals surface area contributed by atoms with Gasteiger partial charge in [-0.05, 0) is 24.7 Å². The topological polar surface area (TPSA) is 253 Å². The molecule has 232 valence electrons. The van der Waals surface area contributed by atoms with E-state index in [1.54, 1.807) is 13.8 Å². The molecule has 3 fully saturated rings. The first-order valence-electron chi connectivity index (χ1n) is 13.5. The molecular formula is C26H38O15. The van der Waals surface area contributed by atoms with E-state index >= 15 is 0 Å². The highest BCUT2D eigenvalue weighted by atomic mass is 16.8. The number of aliphatic hydroxyl groups is 7. The Labute approximate surface area is 234 Å². The number of carboxylic acids is 2. The number of fused-ring (bicyclic) bond motifs is 2. The summed E-state index contributed by atoms with van der Waals surface area (Å²) in [6.45, 7) is 2.94. The van der Waals surface area contributed by atoms with Gasteiger partial charge in [-0.3, -0.25) is 0 Å². The molecule has 9 N–H and O–H groups in total. The van der Waals surface area contributed by atoms with Crippen LogP contribution in [0.25, 0.3) is 0 Å². The van der Waals surface area contributed by atoms with Gasteiger partial charge >= 0.3 is 11.9 Å². The van der Waals surface area contributed by atoms with Gasteiger partial charge in [-0.15, -0.1) is 0 Å². The van der Waals surface area contributed by atoms with Crippen LogP contribution in [0, 0.1) is 35.5 Å². The van der Waals surface area contributed by atoms with Gasteiger partial charge in [0.1, 0.15) is 24.4 Å². The summed E-state index contributed by atoms with van der Waals surface area (Å²) in [6, 6.07) is 0. The summed E-state index contributed by atoms with van der Waals surface area (Å²) in [4.78, 5) is 22.3. The van der Waals surface area contributed by atoms with Crippen molar-refractivity contribution in [2.45, 2.75) is 82.2 Å². The molecule has 1 saturated heterocycles. The third-order valence-corrected chi connectivity index (χ3v) is 9.06. The first kappa shape index (κ1) is 31.6. The van der Waals surface area contributed by atoms with Crippen LogP contribution in [0.15, 0.2) is 23.7 Å². The summed E-state index contributed by atoms with van der Waals surface area (Å²) in [5, 5.41) is 86.6. The van der Waals surface area contributed by atoms with Crippen LogP contribution < -0.4 is 0 Å². The minimum atomic E-state index is -1.60. The minimum absolute atomic E-state index is 0.0343. The SMILES string of the molecule is C[C@H]1[C@H]2[C@H](O)OC=C(C(=O)O)[C@H]2C[C@@H]1O.C[C@H]1[C@H]2[C@H](OC3O[C@H](CO)[C@@H](O)[C@H](O)[C@H]3O)OC=C(C(=O)O)[C@H]2C[C@@H]1O. The number of aliphatic hydroxyl groups excluding tert-OH is 7. The molecule has 5 aliphatic rings. The van der Waals surface area contributed by atoms with Crippen molar-refractivity contribution in [2.75, 3.05) is 6.61 Å². The maximum atomic E-state index is 11.4. The molecule has 5 rings (SSSR count). The molecular weight excluding hydrogens is 552 g/mol. The Bertz CT molecular complexity index is 1030. The quantitative estimate of drug-likeness (QED) is 0.163. The first-order valence-corrected chi connectivity index (χ1v) is 13.5. The lowest BCUT2D eigenvalue weighted by Gasteiger charge is -2.43. The molecule has 15 nitrogen and oxygen atoms in total. The van der Waals surface area contributed by atoms with E-state index in [-0.39, 0.29) is 41.2 Å². The van der Waals surface area contributed by atoms with Crippen LogP contribution in [-0.4, -0.2) is 120 Å². The van der Waals surface area contributed by atoms with Gasteiger partial charge in [0, 0.05) is 23.7 Å². The molecule has 2 saturated carbocycles. The molecule has 3 aliphatic heterocycles. The van der Waals surface area contributed by atoms with E-state index in [0.29, 0.717) is 6.42 Å². The van der Waals surface area contributed by atoms with Crippen molar-refractivity contribution in [1.29, 1.82) is 0 Å².